The zero-order chi connectivity index (χ0) is 18.5. The van der Waals surface area contributed by atoms with Crippen LogP contribution in [0.5, 0.6) is 0 Å². The highest BCUT2D eigenvalue weighted by atomic mass is 32.2. The number of aromatic nitrogens is 4. The van der Waals surface area contributed by atoms with Gasteiger partial charge in [0.2, 0.25) is 0 Å². The van der Waals surface area contributed by atoms with Crippen molar-refractivity contribution in [3.05, 3.63) is 88.5 Å². The first-order valence-corrected chi connectivity index (χ1v) is 9.61. The standard InChI is InChI=1S/C20H18N4O2S/c25-19-21-22-20(24(19)12-11-15-7-3-1-4-8-15)27-14-17-13-18(23-26-17)16-9-5-2-6-10-16/h1-10,13H,11-12,14H2,(H,21,25). The molecule has 4 aromatic rings. The molecule has 2 aromatic heterocycles. The summed E-state index contributed by atoms with van der Waals surface area (Å²) < 4.78 is 7.08. The Morgan fingerprint density at radius 1 is 1.04 bits per heavy atom. The highest BCUT2D eigenvalue weighted by molar-refractivity contribution is 7.98. The van der Waals surface area contributed by atoms with Crippen LogP contribution in [0.2, 0.25) is 0 Å². The van der Waals surface area contributed by atoms with Crippen LogP contribution in [0.25, 0.3) is 11.3 Å². The molecule has 4 rings (SSSR count). The molecular weight excluding hydrogens is 360 g/mol. The van der Waals surface area contributed by atoms with Gasteiger partial charge in [0.25, 0.3) is 0 Å². The van der Waals surface area contributed by atoms with Gasteiger partial charge in [0.15, 0.2) is 5.16 Å². The van der Waals surface area contributed by atoms with E-state index < -0.39 is 0 Å². The van der Waals surface area contributed by atoms with Crippen LogP contribution in [0.1, 0.15) is 11.3 Å². The molecule has 27 heavy (non-hydrogen) atoms. The number of thioether (sulfide) groups is 1. The summed E-state index contributed by atoms with van der Waals surface area (Å²) in [5, 5.41) is 11.4. The highest BCUT2D eigenvalue weighted by Crippen LogP contribution is 2.24. The Balaban J connectivity index is 1.42. The lowest BCUT2D eigenvalue weighted by atomic mass is 10.1. The molecule has 0 atom stereocenters. The quantitative estimate of drug-likeness (QED) is 0.496. The molecular formula is C20H18N4O2S. The van der Waals surface area contributed by atoms with Gasteiger partial charge in [-0.25, -0.2) is 9.89 Å². The van der Waals surface area contributed by atoms with Gasteiger partial charge in [-0.3, -0.25) is 4.57 Å². The molecule has 2 aromatic carbocycles. The lowest BCUT2D eigenvalue weighted by molar-refractivity contribution is 0.397. The zero-order valence-electron chi connectivity index (χ0n) is 14.5. The van der Waals surface area contributed by atoms with Crippen molar-refractivity contribution >= 4 is 11.8 Å². The van der Waals surface area contributed by atoms with E-state index in [1.165, 1.54) is 17.3 Å². The molecule has 0 spiro atoms. The van der Waals surface area contributed by atoms with Crippen molar-refractivity contribution in [3.8, 4) is 11.3 Å². The molecule has 2 heterocycles. The monoisotopic (exact) mass is 378 g/mol. The first-order chi connectivity index (χ1) is 13.3. The van der Waals surface area contributed by atoms with E-state index in [1.807, 2.05) is 54.6 Å². The maximum atomic E-state index is 12.1. The molecule has 0 radical (unpaired) electrons. The summed E-state index contributed by atoms with van der Waals surface area (Å²) in [6.07, 6.45) is 0.772. The minimum absolute atomic E-state index is 0.198. The largest absolute Gasteiger partial charge is 0.360 e. The number of nitrogens with one attached hydrogen (secondary N) is 1. The second kappa shape index (κ2) is 8.09. The molecule has 0 bridgehead atoms. The fourth-order valence-corrected chi connectivity index (χ4v) is 3.61. The maximum absolute atomic E-state index is 12.1. The second-order valence-corrected chi connectivity index (χ2v) is 6.97. The SMILES string of the molecule is O=c1[nH]nc(SCc2cc(-c3ccccc3)no2)n1CCc1ccccc1. The van der Waals surface area contributed by atoms with Gasteiger partial charge in [-0.1, -0.05) is 77.6 Å². The molecule has 0 aliphatic carbocycles. The van der Waals surface area contributed by atoms with Crippen LogP contribution in [0, 0.1) is 0 Å². The van der Waals surface area contributed by atoms with Gasteiger partial charge in [-0.05, 0) is 12.0 Å². The molecule has 0 fully saturated rings. The summed E-state index contributed by atoms with van der Waals surface area (Å²) in [5.41, 5.74) is 2.80. The molecule has 0 unspecified atom stereocenters. The molecule has 0 aliphatic heterocycles. The van der Waals surface area contributed by atoms with Crippen LogP contribution in [-0.4, -0.2) is 19.9 Å². The lowest BCUT2D eigenvalue weighted by Gasteiger charge is -2.04. The zero-order valence-corrected chi connectivity index (χ0v) is 15.4. The number of benzene rings is 2. The first-order valence-electron chi connectivity index (χ1n) is 8.62. The normalized spacial score (nSPS) is 11.0. The van der Waals surface area contributed by atoms with Gasteiger partial charge in [0.1, 0.15) is 11.5 Å². The first kappa shape index (κ1) is 17.4. The summed E-state index contributed by atoms with van der Waals surface area (Å²) in [6, 6.07) is 21.9. The third-order valence-electron chi connectivity index (χ3n) is 4.16. The van der Waals surface area contributed by atoms with Crippen LogP contribution in [0.15, 0.2) is 81.2 Å². The number of hydrogen-bond donors (Lipinski definition) is 1. The van der Waals surface area contributed by atoms with Gasteiger partial charge in [0, 0.05) is 18.2 Å². The van der Waals surface area contributed by atoms with Crippen molar-refractivity contribution in [3.63, 3.8) is 0 Å². The Kier molecular flexibility index (Phi) is 5.20. The van der Waals surface area contributed by atoms with E-state index >= 15 is 0 Å². The van der Waals surface area contributed by atoms with Crippen LogP contribution in [0.4, 0.5) is 0 Å². The molecule has 0 aliphatic rings. The molecule has 0 saturated heterocycles. The minimum atomic E-state index is -0.198. The summed E-state index contributed by atoms with van der Waals surface area (Å²) in [6.45, 7) is 0.577. The summed E-state index contributed by atoms with van der Waals surface area (Å²) in [5.74, 6) is 1.29. The van der Waals surface area contributed by atoms with E-state index in [-0.39, 0.29) is 5.69 Å². The fraction of sp³-hybridized carbons (Fsp3) is 0.150. The van der Waals surface area contributed by atoms with Gasteiger partial charge in [-0.15, -0.1) is 5.10 Å². The summed E-state index contributed by atoms with van der Waals surface area (Å²) in [4.78, 5) is 12.1. The van der Waals surface area contributed by atoms with Crippen molar-refractivity contribution in [1.82, 2.24) is 19.9 Å². The molecule has 136 valence electrons. The van der Waals surface area contributed by atoms with Crippen LogP contribution < -0.4 is 5.69 Å². The number of hydrogen-bond acceptors (Lipinski definition) is 5. The van der Waals surface area contributed by atoms with Crippen molar-refractivity contribution in [2.45, 2.75) is 23.9 Å². The van der Waals surface area contributed by atoms with Crippen molar-refractivity contribution in [1.29, 1.82) is 0 Å². The molecule has 1 N–H and O–H groups in total. The number of aromatic amines is 1. The van der Waals surface area contributed by atoms with E-state index in [4.69, 9.17) is 4.52 Å². The van der Waals surface area contributed by atoms with Crippen LogP contribution >= 0.6 is 11.8 Å². The third-order valence-corrected chi connectivity index (χ3v) is 5.16. The van der Waals surface area contributed by atoms with E-state index in [2.05, 4.69) is 27.5 Å². The van der Waals surface area contributed by atoms with Crippen molar-refractivity contribution in [2.24, 2.45) is 0 Å². The van der Waals surface area contributed by atoms with Crippen LogP contribution in [-0.2, 0) is 18.7 Å². The Labute approximate surface area is 160 Å². The smallest absolute Gasteiger partial charge is 0.343 e. The van der Waals surface area contributed by atoms with Crippen molar-refractivity contribution < 1.29 is 4.52 Å². The topological polar surface area (TPSA) is 76.7 Å². The Morgan fingerprint density at radius 2 is 1.78 bits per heavy atom. The molecule has 0 saturated carbocycles. The number of H-pyrrole nitrogens is 1. The molecule has 7 heteroatoms. The maximum Gasteiger partial charge on any atom is 0.343 e. The number of rotatable bonds is 7. The molecule has 6 nitrogen and oxygen atoms in total. The van der Waals surface area contributed by atoms with E-state index in [0.29, 0.717) is 17.5 Å². The summed E-state index contributed by atoms with van der Waals surface area (Å²) in [7, 11) is 0. The number of nitrogens with zero attached hydrogens (tertiary/aromatic N) is 3. The van der Waals surface area contributed by atoms with Gasteiger partial charge in [0.05, 0.1) is 5.75 Å². The lowest BCUT2D eigenvalue weighted by Crippen LogP contribution is -2.18. The van der Waals surface area contributed by atoms with E-state index in [0.717, 1.165) is 23.4 Å². The third kappa shape index (κ3) is 4.20. The van der Waals surface area contributed by atoms with Gasteiger partial charge in [-0.2, -0.15) is 0 Å². The fourth-order valence-electron chi connectivity index (χ4n) is 2.76. The van der Waals surface area contributed by atoms with Crippen LogP contribution in [0.3, 0.4) is 0 Å². The predicted molar refractivity (Wildman–Crippen MR) is 104 cm³/mol. The Hall–Kier alpha value is -3.06. The van der Waals surface area contributed by atoms with Gasteiger partial charge < -0.3 is 4.52 Å². The Bertz CT molecular complexity index is 1050. The molecule has 0 amide bonds. The highest BCUT2D eigenvalue weighted by Gasteiger charge is 2.12. The second-order valence-electron chi connectivity index (χ2n) is 6.03. The minimum Gasteiger partial charge on any atom is -0.360 e. The average molecular weight is 378 g/mol. The summed E-state index contributed by atoms with van der Waals surface area (Å²) >= 11 is 1.45. The van der Waals surface area contributed by atoms with Crippen molar-refractivity contribution in [2.75, 3.05) is 0 Å². The number of aryl methyl sites for hydroxylation is 1. The Morgan fingerprint density at radius 3 is 2.56 bits per heavy atom. The van der Waals surface area contributed by atoms with E-state index in [1.54, 1.807) is 4.57 Å². The average Bonchev–Trinajstić information content (AvgIpc) is 3.33. The van der Waals surface area contributed by atoms with E-state index in [9.17, 15) is 4.79 Å². The van der Waals surface area contributed by atoms with Gasteiger partial charge >= 0.3 is 5.69 Å². The predicted octanol–water partition coefficient (Wildman–Crippen LogP) is 3.76.